The van der Waals surface area contributed by atoms with Crippen LogP contribution in [0.15, 0.2) is 48.5 Å². The summed E-state index contributed by atoms with van der Waals surface area (Å²) in [6.07, 6.45) is -2.46. The Morgan fingerprint density at radius 1 is 1.14 bits per heavy atom. The zero-order valence-corrected chi connectivity index (χ0v) is 17.0. The summed E-state index contributed by atoms with van der Waals surface area (Å²) < 4.78 is 44.3. The van der Waals surface area contributed by atoms with Crippen molar-refractivity contribution in [2.24, 2.45) is 0 Å². The third-order valence-electron chi connectivity index (χ3n) is 4.01. The Labute approximate surface area is 175 Å². The van der Waals surface area contributed by atoms with Crippen LogP contribution < -0.4 is 5.32 Å². The average molecular weight is 446 g/mol. The molecule has 1 unspecified atom stereocenters. The van der Waals surface area contributed by atoms with Crippen molar-refractivity contribution in [1.82, 2.24) is 5.32 Å². The van der Waals surface area contributed by atoms with Crippen molar-refractivity contribution in [2.45, 2.75) is 25.2 Å². The molecule has 29 heavy (non-hydrogen) atoms. The number of hydrogen-bond acceptors (Lipinski definition) is 4. The molecule has 0 aliphatic heterocycles. The van der Waals surface area contributed by atoms with E-state index in [2.05, 4.69) is 5.32 Å². The summed E-state index contributed by atoms with van der Waals surface area (Å²) in [6, 6.07) is 10.2. The second-order valence-electron chi connectivity index (χ2n) is 6.05. The normalized spacial score (nSPS) is 12.3. The minimum absolute atomic E-state index is 0.158. The highest BCUT2D eigenvalue weighted by Crippen LogP contribution is 2.32. The molecule has 4 nitrogen and oxygen atoms in total. The van der Waals surface area contributed by atoms with E-state index in [0.29, 0.717) is 5.75 Å². The van der Waals surface area contributed by atoms with Crippen LogP contribution in [0.4, 0.5) is 13.2 Å². The molecule has 0 bridgehead atoms. The van der Waals surface area contributed by atoms with Crippen LogP contribution in [0, 0.1) is 0 Å². The first-order chi connectivity index (χ1) is 13.7. The molecule has 1 amide bonds. The fourth-order valence-electron chi connectivity index (χ4n) is 2.54. The number of esters is 1. The monoisotopic (exact) mass is 445 g/mol. The van der Waals surface area contributed by atoms with E-state index in [0.717, 1.165) is 6.07 Å². The van der Waals surface area contributed by atoms with Crippen molar-refractivity contribution >= 4 is 35.2 Å². The maximum absolute atomic E-state index is 13.1. The van der Waals surface area contributed by atoms with Crippen LogP contribution in [-0.2, 0) is 22.3 Å². The van der Waals surface area contributed by atoms with Gasteiger partial charge in [-0.05, 0) is 36.6 Å². The van der Waals surface area contributed by atoms with E-state index in [1.54, 1.807) is 18.2 Å². The summed E-state index contributed by atoms with van der Waals surface area (Å²) in [5.41, 5.74) is -0.832. The fourth-order valence-corrected chi connectivity index (χ4v) is 3.23. The Morgan fingerprint density at radius 3 is 2.45 bits per heavy atom. The van der Waals surface area contributed by atoms with Crippen LogP contribution in [0.25, 0.3) is 0 Å². The lowest BCUT2D eigenvalue weighted by Crippen LogP contribution is -2.42. The topological polar surface area (TPSA) is 55.4 Å². The zero-order valence-electron chi connectivity index (χ0n) is 15.5. The van der Waals surface area contributed by atoms with Gasteiger partial charge in [0.05, 0.1) is 16.1 Å². The van der Waals surface area contributed by atoms with E-state index in [1.165, 1.54) is 36.0 Å². The number of amides is 1. The number of benzene rings is 2. The van der Waals surface area contributed by atoms with Crippen LogP contribution in [0.1, 0.15) is 27.9 Å². The summed E-state index contributed by atoms with van der Waals surface area (Å²) in [5.74, 6) is -0.826. The first-order valence-electron chi connectivity index (χ1n) is 8.60. The minimum atomic E-state index is -4.56. The molecule has 156 valence electrons. The maximum Gasteiger partial charge on any atom is 0.416 e. The second-order valence-corrected chi connectivity index (χ2v) is 7.44. The molecule has 2 rings (SSSR count). The van der Waals surface area contributed by atoms with Crippen LogP contribution in [0.5, 0.6) is 0 Å². The van der Waals surface area contributed by atoms with Crippen molar-refractivity contribution in [3.05, 3.63) is 70.2 Å². The number of alkyl halides is 3. The SMILES string of the molecule is CSCCC(NC(=O)c1ccccc1Cl)C(=O)OCc1ccccc1C(F)(F)F. The lowest BCUT2D eigenvalue weighted by Gasteiger charge is -2.19. The van der Waals surface area contributed by atoms with Gasteiger partial charge in [0.15, 0.2) is 0 Å². The highest BCUT2D eigenvalue weighted by Gasteiger charge is 2.33. The number of carbonyl (C=O) groups excluding carboxylic acids is 2. The Hall–Kier alpha value is -2.19. The van der Waals surface area contributed by atoms with Crippen molar-refractivity contribution in [3.63, 3.8) is 0 Å². The third kappa shape index (κ3) is 6.68. The minimum Gasteiger partial charge on any atom is -0.459 e. The first kappa shape index (κ1) is 23.1. The smallest absolute Gasteiger partial charge is 0.416 e. The van der Waals surface area contributed by atoms with E-state index in [-0.39, 0.29) is 22.6 Å². The van der Waals surface area contributed by atoms with Gasteiger partial charge in [0, 0.05) is 5.56 Å². The lowest BCUT2D eigenvalue weighted by atomic mass is 10.1. The van der Waals surface area contributed by atoms with Crippen molar-refractivity contribution in [1.29, 1.82) is 0 Å². The van der Waals surface area contributed by atoms with E-state index in [1.807, 2.05) is 6.26 Å². The predicted octanol–water partition coefficient (Wildman–Crippen LogP) is 4.95. The summed E-state index contributed by atoms with van der Waals surface area (Å²) in [6.45, 7) is -0.549. The van der Waals surface area contributed by atoms with E-state index in [9.17, 15) is 22.8 Å². The molecule has 0 aliphatic carbocycles. The van der Waals surface area contributed by atoms with Gasteiger partial charge in [0.1, 0.15) is 12.6 Å². The molecule has 0 saturated heterocycles. The van der Waals surface area contributed by atoms with Crippen LogP contribution in [0.3, 0.4) is 0 Å². The Morgan fingerprint density at radius 2 is 1.79 bits per heavy atom. The molecule has 1 N–H and O–H groups in total. The van der Waals surface area contributed by atoms with Crippen molar-refractivity contribution < 1.29 is 27.5 Å². The Kier molecular flexibility index (Phi) is 8.40. The zero-order chi connectivity index (χ0) is 21.4. The number of halogens is 4. The number of carbonyl (C=O) groups is 2. The van der Waals surface area contributed by atoms with Gasteiger partial charge in [-0.3, -0.25) is 4.79 Å². The highest BCUT2D eigenvalue weighted by molar-refractivity contribution is 7.98. The molecule has 0 saturated carbocycles. The largest absolute Gasteiger partial charge is 0.459 e. The van der Waals surface area contributed by atoms with Gasteiger partial charge >= 0.3 is 12.1 Å². The Bertz CT molecular complexity index is 861. The number of thioether (sulfide) groups is 1. The molecule has 2 aromatic carbocycles. The lowest BCUT2D eigenvalue weighted by molar-refractivity contribution is -0.149. The molecule has 1 atom stereocenters. The van der Waals surface area contributed by atoms with Crippen LogP contribution >= 0.6 is 23.4 Å². The van der Waals surface area contributed by atoms with Gasteiger partial charge in [0.2, 0.25) is 0 Å². The quantitative estimate of drug-likeness (QED) is 0.584. The van der Waals surface area contributed by atoms with E-state index >= 15 is 0 Å². The van der Waals surface area contributed by atoms with Crippen LogP contribution in [0.2, 0.25) is 5.02 Å². The number of hydrogen-bond donors (Lipinski definition) is 1. The second kappa shape index (κ2) is 10.5. The number of rotatable bonds is 8. The van der Waals surface area contributed by atoms with Gasteiger partial charge in [0.25, 0.3) is 5.91 Å². The molecule has 2 aromatic rings. The van der Waals surface area contributed by atoms with Crippen molar-refractivity contribution in [3.8, 4) is 0 Å². The third-order valence-corrected chi connectivity index (χ3v) is 4.99. The average Bonchev–Trinajstić information content (AvgIpc) is 2.69. The molecule has 0 radical (unpaired) electrons. The Balaban J connectivity index is 2.10. The highest BCUT2D eigenvalue weighted by atomic mass is 35.5. The molecule has 0 heterocycles. The molecule has 0 fully saturated rings. The molecule has 0 aliphatic rings. The molecule has 9 heteroatoms. The van der Waals surface area contributed by atoms with Gasteiger partial charge in [-0.15, -0.1) is 0 Å². The van der Waals surface area contributed by atoms with Gasteiger partial charge in [-0.25, -0.2) is 4.79 Å². The van der Waals surface area contributed by atoms with Gasteiger partial charge in [-0.2, -0.15) is 24.9 Å². The first-order valence-corrected chi connectivity index (χ1v) is 10.4. The summed E-state index contributed by atoms with van der Waals surface area (Å²) in [5, 5.41) is 2.78. The van der Waals surface area contributed by atoms with Crippen molar-refractivity contribution in [2.75, 3.05) is 12.0 Å². The maximum atomic E-state index is 13.1. The number of nitrogens with one attached hydrogen (secondary N) is 1. The predicted molar refractivity (Wildman–Crippen MR) is 107 cm³/mol. The summed E-state index contributed by atoms with van der Waals surface area (Å²) in [4.78, 5) is 24.9. The summed E-state index contributed by atoms with van der Waals surface area (Å²) in [7, 11) is 0. The van der Waals surface area contributed by atoms with Gasteiger partial charge in [-0.1, -0.05) is 41.9 Å². The summed E-state index contributed by atoms with van der Waals surface area (Å²) >= 11 is 7.46. The standard InChI is InChI=1S/C20H19ClF3NO3S/c1-29-11-10-17(25-18(26)14-7-3-5-9-16(14)21)19(27)28-12-13-6-2-4-8-15(13)20(22,23)24/h2-9,17H,10-12H2,1H3,(H,25,26). The fraction of sp³-hybridized carbons (Fsp3) is 0.300. The van der Waals surface area contributed by atoms with Crippen LogP contribution in [-0.4, -0.2) is 29.9 Å². The molecule has 0 aromatic heterocycles. The molecule has 0 spiro atoms. The number of ether oxygens (including phenoxy) is 1. The van der Waals surface area contributed by atoms with E-state index in [4.69, 9.17) is 16.3 Å². The molecular weight excluding hydrogens is 427 g/mol. The molecular formula is C20H19ClF3NO3S. The van der Waals surface area contributed by atoms with E-state index < -0.39 is 36.3 Å². The van der Waals surface area contributed by atoms with Gasteiger partial charge < -0.3 is 10.1 Å².